The molecule has 2 aromatic carbocycles. The highest BCUT2D eigenvalue weighted by molar-refractivity contribution is 6.33. The normalized spacial score (nSPS) is 11.6. The van der Waals surface area contributed by atoms with Gasteiger partial charge in [0.2, 0.25) is 0 Å². The summed E-state index contributed by atoms with van der Waals surface area (Å²) in [5, 5.41) is 8.60. The first kappa shape index (κ1) is 25.3. The third-order valence-electron chi connectivity index (χ3n) is 5.39. The van der Waals surface area contributed by atoms with E-state index in [2.05, 4.69) is 30.1 Å². The van der Waals surface area contributed by atoms with Crippen molar-refractivity contribution in [3.63, 3.8) is 0 Å². The van der Waals surface area contributed by atoms with Crippen LogP contribution in [0.4, 0.5) is 33.5 Å². The number of para-hydroxylation sites is 1. The van der Waals surface area contributed by atoms with Gasteiger partial charge in [0.25, 0.3) is 0 Å². The smallest absolute Gasteiger partial charge is 0.422 e. The van der Waals surface area contributed by atoms with Crippen molar-refractivity contribution < 1.29 is 26.7 Å². The number of rotatable bonds is 7. The number of nitrogens with one attached hydrogen (secondary N) is 1. The SMILES string of the molecule is Fc1cc(OCC(F)(F)F)cc(F)c1Cn1nc(-c2nccc(Nc3ccncc3Cl)n2)c2ccccc21. The molecule has 194 valence electrons. The Bertz CT molecular complexity index is 1600. The minimum atomic E-state index is -4.64. The van der Waals surface area contributed by atoms with Crippen molar-refractivity contribution in [3.8, 4) is 17.3 Å². The van der Waals surface area contributed by atoms with Gasteiger partial charge in [-0.2, -0.15) is 18.3 Å². The molecule has 13 heteroatoms. The molecule has 0 amide bonds. The molecule has 0 bridgehead atoms. The molecule has 0 saturated heterocycles. The minimum Gasteiger partial charge on any atom is -0.484 e. The molecule has 0 aliphatic carbocycles. The summed E-state index contributed by atoms with van der Waals surface area (Å²) in [6.45, 7) is -2.01. The average molecular weight is 547 g/mol. The van der Waals surface area contributed by atoms with Crippen LogP contribution in [0.3, 0.4) is 0 Å². The maximum atomic E-state index is 14.7. The molecule has 0 atom stereocenters. The number of fused-ring (bicyclic) bond motifs is 1. The molecule has 3 aromatic heterocycles. The molecule has 0 fully saturated rings. The van der Waals surface area contributed by atoms with Gasteiger partial charge in [0.15, 0.2) is 12.4 Å². The predicted octanol–water partition coefficient (Wildman–Crippen LogP) is 6.55. The number of aromatic nitrogens is 5. The lowest BCUT2D eigenvalue weighted by molar-refractivity contribution is -0.153. The van der Waals surface area contributed by atoms with Gasteiger partial charge in [-0.3, -0.25) is 9.67 Å². The van der Waals surface area contributed by atoms with Crippen molar-refractivity contribution in [2.45, 2.75) is 12.7 Å². The summed E-state index contributed by atoms with van der Waals surface area (Å²) >= 11 is 6.16. The van der Waals surface area contributed by atoms with Crippen molar-refractivity contribution >= 4 is 34.0 Å². The molecule has 0 saturated carbocycles. The molecular formula is C25H16ClF5N6O. The maximum absolute atomic E-state index is 14.7. The van der Waals surface area contributed by atoms with E-state index < -0.39 is 35.7 Å². The summed E-state index contributed by atoms with van der Waals surface area (Å²) in [5.41, 5.74) is 1.08. The second-order valence-corrected chi connectivity index (χ2v) is 8.45. The third kappa shape index (κ3) is 5.49. The second kappa shape index (κ2) is 10.2. The quantitative estimate of drug-likeness (QED) is 0.233. The van der Waals surface area contributed by atoms with Crippen LogP contribution in [0.2, 0.25) is 5.02 Å². The van der Waals surface area contributed by atoms with Crippen LogP contribution < -0.4 is 10.1 Å². The molecule has 3 heterocycles. The van der Waals surface area contributed by atoms with Crippen molar-refractivity contribution in [2.75, 3.05) is 11.9 Å². The Morgan fingerprint density at radius 1 is 1.00 bits per heavy atom. The monoisotopic (exact) mass is 546 g/mol. The van der Waals surface area contributed by atoms with Gasteiger partial charge in [0, 0.05) is 41.7 Å². The van der Waals surface area contributed by atoms with Gasteiger partial charge in [0.05, 0.1) is 22.8 Å². The first-order valence-corrected chi connectivity index (χ1v) is 11.4. The lowest BCUT2D eigenvalue weighted by atomic mass is 10.1. The van der Waals surface area contributed by atoms with Crippen LogP contribution in [0, 0.1) is 11.6 Å². The molecule has 7 nitrogen and oxygen atoms in total. The molecule has 0 radical (unpaired) electrons. The van der Waals surface area contributed by atoms with E-state index >= 15 is 0 Å². The zero-order valence-electron chi connectivity index (χ0n) is 19.2. The van der Waals surface area contributed by atoms with Gasteiger partial charge >= 0.3 is 6.18 Å². The number of alkyl halides is 3. The van der Waals surface area contributed by atoms with Gasteiger partial charge in [-0.1, -0.05) is 29.8 Å². The summed E-state index contributed by atoms with van der Waals surface area (Å²) in [7, 11) is 0. The summed E-state index contributed by atoms with van der Waals surface area (Å²) in [6.07, 6.45) is -0.0742. The Kier molecular flexibility index (Phi) is 6.81. The van der Waals surface area contributed by atoms with Crippen molar-refractivity contribution in [1.29, 1.82) is 0 Å². The number of benzene rings is 2. The Labute approximate surface area is 216 Å². The van der Waals surface area contributed by atoms with Crippen LogP contribution in [0.5, 0.6) is 5.75 Å². The number of hydrogen-bond donors (Lipinski definition) is 1. The van der Waals surface area contributed by atoms with Crippen LogP contribution in [0.25, 0.3) is 22.4 Å². The summed E-state index contributed by atoms with van der Waals surface area (Å²) < 4.78 is 72.5. The highest BCUT2D eigenvalue weighted by atomic mass is 35.5. The Morgan fingerprint density at radius 3 is 2.50 bits per heavy atom. The first-order chi connectivity index (χ1) is 18.2. The van der Waals surface area contributed by atoms with Crippen molar-refractivity contribution in [1.82, 2.24) is 24.7 Å². The summed E-state index contributed by atoms with van der Waals surface area (Å²) in [5.74, 6) is -2.04. The van der Waals surface area contributed by atoms with Crippen LogP contribution in [-0.2, 0) is 6.54 Å². The van der Waals surface area contributed by atoms with Crippen LogP contribution in [0.1, 0.15) is 5.56 Å². The summed E-state index contributed by atoms with van der Waals surface area (Å²) in [6, 6.07) is 11.7. The van der Waals surface area contributed by atoms with Crippen molar-refractivity contribution in [3.05, 3.63) is 89.3 Å². The third-order valence-corrected chi connectivity index (χ3v) is 5.69. The minimum absolute atomic E-state index is 0.243. The van der Waals surface area contributed by atoms with E-state index in [1.807, 2.05) is 0 Å². The predicted molar refractivity (Wildman–Crippen MR) is 130 cm³/mol. The Morgan fingerprint density at radius 2 is 1.76 bits per heavy atom. The largest absolute Gasteiger partial charge is 0.484 e. The topological polar surface area (TPSA) is 77.8 Å². The van der Waals surface area contributed by atoms with Crippen LogP contribution in [-0.4, -0.2) is 37.5 Å². The lowest BCUT2D eigenvalue weighted by Crippen LogP contribution is -2.19. The number of ether oxygens (including phenoxy) is 1. The highest BCUT2D eigenvalue weighted by Gasteiger charge is 2.29. The fourth-order valence-electron chi connectivity index (χ4n) is 3.70. The molecular weight excluding hydrogens is 531 g/mol. The van der Waals surface area contributed by atoms with E-state index in [-0.39, 0.29) is 12.4 Å². The molecule has 0 aliphatic heterocycles. The molecule has 5 rings (SSSR count). The fraction of sp³-hybridized carbons (Fsp3) is 0.120. The average Bonchev–Trinajstić information content (AvgIpc) is 3.25. The van der Waals surface area contributed by atoms with E-state index in [1.54, 1.807) is 42.6 Å². The molecule has 0 spiro atoms. The van der Waals surface area contributed by atoms with E-state index in [1.165, 1.54) is 17.1 Å². The number of hydrogen-bond acceptors (Lipinski definition) is 6. The first-order valence-electron chi connectivity index (χ1n) is 11.0. The zero-order chi connectivity index (χ0) is 26.9. The van der Waals surface area contributed by atoms with E-state index in [0.29, 0.717) is 45.3 Å². The van der Waals surface area contributed by atoms with Gasteiger partial charge < -0.3 is 10.1 Å². The zero-order valence-corrected chi connectivity index (χ0v) is 19.9. The van der Waals surface area contributed by atoms with Gasteiger partial charge in [-0.25, -0.2) is 18.7 Å². The molecule has 0 unspecified atom stereocenters. The van der Waals surface area contributed by atoms with Crippen molar-refractivity contribution in [2.24, 2.45) is 0 Å². The Hall–Kier alpha value is -4.32. The number of anilines is 2. The maximum Gasteiger partial charge on any atom is 0.422 e. The molecule has 38 heavy (non-hydrogen) atoms. The van der Waals surface area contributed by atoms with Gasteiger partial charge in [0.1, 0.15) is 28.9 Å². The summed E-state index contributed by atoms with van der Waals surface area (Å²) in [4.78, 5) is 12.7. The molecule has 5 aromatic rings. The lowest BCUT2D eigenvalue weighted by Gasteiger charge is -2.12. The van der Waals surface area contributed by atoms with E-state index in [4.69, 9.17) is 11.6 Å². The molecule has 0 aliphatic rings. The fourth-order valence-corrected chi connectivity index (χ4v) is 3.87. The van der Waals surface area contributed by atoms with E-state index in [9.17, 15) is 22.0 Å². The standard InChI is InChI=1S/C25H16ClF5N6O/c26-17-11-32-7-5-20(17)34-22-6-8-33-24(35-22)23-15-3-1-2-4-21(15)37(36-23)12-16-18(27)9-14(10-19(16)28)38-13-25(29,30)31/h1-11H,12-13H2,(H,32,33,34,35). The number of halogens is 6. The molecule has 1 N–H and O–H groups in total. The number of pyridine rings is 1. The van der Waals surface area contributed by atoms with Crippen LogP contribution >= 0.6 is 11.6 Å². The van der Waals surface area contributed by atoms with Gasteiger partial charge in [-0.15, -0.1) is 0 Å². The second-order valence-electron chi connectivity index (χ2n) is 8.04. The van der Waals surface area contributed by atoms with Crippen LogP contribution in [0.15, 0.2) is 67.1 Å². The van der Waals surface area contributed by atoms with E-state index in [0.717, 1.165) is 0 Å². The number of nitrogens with zero attached hydrogens (tertiary/aromatic N) is 5. The highest BCUT2D eigenvalue weighted by Crippen LogP contribution is 2.30. The van der Waals surface area contributed by atoms with Gasteiger partial charge in [-0.05, 0) is 18.2 Å². The Balaban J connectivity index is 1.47.